The largest absolute Gasteiger partial charge is 0.382 e. The molecule has 0 aliphatic carbocycles. The minimum absolute atomic E-state index is 0.0829. The number of aliphatic imine (C=N–C) groups is 1. The first-order valence-electron chi connectivity index (χ1n) is 7.51. The van der Waals surface area contributed by atoms with Gasteiger partial charge in [-0.25, -0.2) is 22.1 Å². The fourth-order valence-corrected chi connectivity index (χ4v) is 5.22. The Bertz CT molecular complexity index is 770. The Morgan fingerprint density at radius 1 is 1.50 bits per heavy atom. The van der Waals surface area contributed by atoms with Crippen LogP contribution in [0.25, 0.3) is 0 Å². The number of sulfonamides is 1. The van der Waals surface area contributed by atoms with Crippen LogP contribution in [0.15, 0.2) is 29.3 Å². The molecule has 24 heavy (non-hydrogen) atoms. The quantitative estimate of drug-likeness (QED) is 0.846. The molecular weight excluding hydrogens is 337 g/mol. The van der Waals surface area contributed by atoms with Gasteiger partial charge in [0, 0.05) is 19.7 Å². The summed E-state index contributed by atoms with van der Waals surface area (Å²) in [5.74, 6) is -0.712. The zero-order valence-corrected chi connectivity index (χ0v) is 14.3. The molecule has 0 saturated carbocycles. The van der Waals surface area contributed by atoms with E-state index in [1.54, 1.807) is 12.1 Å². The van der Waals surface area contributed by atoms with Gasteiger partial charge < -0.3 is 15.2 Å². The second-order valence-electron chi connectivity index (χ2n) is 6.00. The summed E-state index contributed by atoms with van der Waals surface area (Å²) in [6, 6.07) is 5.99. The van der Waals surface area contributed by atoms with Gasteiger partial charge in [-0.1, -0.05) is 18.2 Å². The summed E-state index contributed by atoms with van der Waals surface area (Å²) >= 11 is 0. The van der Waals surface area contributed by atoms with Crippen molar-refractivity contribution < 1.29 is 22.3 Å². The summed E-state index contributed by atoms with van der Waals surface area (Å²) in [6.07, 6.45) is -0.261. The molecule has 1 aromatic rings. The van der Waals surface area contributed by atoms with Gasteiger partial charge in [-0.2, -0.15) is 0 Å². The van der Waals surface area contributed by atoms with Crippen LogP contribution in [0.3, 0.4) is 0 Å². The number of methoxy groups -OCH3 is 1. The molecule has 1 aromatic carbocycles. The summed E-state index contributed by atoms with van der Waals surface area (Å²) in [5, 5.41) is -0.979. The predicted octanol–water partition coefficient (Wildman–Crippen LogP) is 0.415. The molecule has 1 saturated heterocycles. The molecule has 2 heterocycles. The number of nitrogens with zero attached hydrogens (tertiary/aromatic N) is 2. The van der Waals surface area contributed by atoms with Gasteiger partial charge in [0.25, 0.3) is 0 Å². The van der Waals surface area contributed by atoms with Crippen molar-refractivity contribution >= 4 is 16.0 Å². The molecule has 3 atom stereocenters. The van der Waals surface area contributed by atoms with E-state index in [9.17, 15) is 12.8 Å². The number of nitrogens with two attached hydrogens (primary N) is 1. The lowest BCUT2D eigenvalue weighted by Crippen LogP contribution is -2.62. The van der Waals surface area contributed by atoms with E-state index in [1.807, 2.05) is 0 Å². The van der Waals surface area contributed by atoms with Crippen molar-refractivity contribution in [3.8, 4) is 0 Å². The fraction of sp³-hybridized carbons (Fsp3) is 0.533. The van der Waals surface area contributed by atoms with Gasteiger partial charge in [-0.3, -0.25) is 0 Å². The first-order chi connectivity index (χ1) is 11.3. The lowest BCUT2D eigenvalue weighted by molar-refractivity contribution is -0.0611. The zero-order valence-electron chi connectivity index (χ0n) is 13.5. The highest BCUT2D eigenvalue weighted by atomic mass is 32.2. The first-order valence-corrected chi connectivity index (χ1v) is 9.02. The number of rotatable bonds is 3. The van der Waals surface area contributed by atoms with Crippen LogP contribution in [0.4, 0.5) is 4.39 Å². The fourth-order valence-electron chi connectivity index (χ4n) is 3.33. The Morgan fingerprint density at radius 2 is 2.21 bits per heavy atom. The second-order valence-corrected chi connectivity index (χ2v) is 8.15. The maximum atomic E-state index is 14.5. The smallest absolute Gasteiger partial charge is 0.243 e. The Kier molecular flexibility index (Phi) is 4.27. The monoisotopic (exact) mass is 357 g/mol. The number of fused-ring (bicyclic) bond motifs is 1. The Labute approximate surface area is 140 Å². The molecule has 2 N–H and O–H groups in total. The minimum Gasteiger partial charge on any atom is -0.382 e. The lowest BCUT2D eigenvalue weighted by atomic mass is 9.82. The van der Waals surface area contributed by atoms with Crippen LogP contribution in [-0.2, 0) is 25.0 Å². The molecule has 0 unspecified atom stereocenters. The molecule has 9 heteroatoms. The normalized spacial score (nSPS) is 32.1. The van der Waals surface area contributed by atoms with E-state index in [0.717, 1.165) is 4.31 Å². The molecule has 132 valence electrons. The summed E-state index contributed by atoms with van der Waals surface area (Å²) in [6.45, 7) is 0.169. The molecule has 0 spiro atoms. The van der Waals surface area contributed by atoms with Gasteiger partial charge in [-0.15, -0.1) is 0 Å². The van der Waals surface area contributed by atoms with Gasteiger partial charge in [0.15, 0.2) is 0 Å². The van der Waals surface area contributed by atoms with Crippen molar-refractivity contribution in [1.29, 1.82) is 0 Å². The Morgan fingerprint density at radius 3 is 2.88 bits per heavy atom. The first kappa shape index (κ1) is 17.1. The number of ether oxygens (including phenoxy) is 2. The molecule has 0 bridgehead atoms. The molecular formula is C15H20FN3O4S. The third-order valence-electron chi connectivity index (χ3n) is 4.62. The van der Waals surface area contributed by atoms with Gasteiger partial charge >= 0.3 is 0 Å². The van der Waals surface area contributed by atoms with Gasteiger partial charge in [-0.05, 0) is 12.5 Å². The van der Waals surface area contributed by atoms with E-state index in [4.69, 9.17) is 15.2 Å². The van der Waals surface area contributed by atoms with E-state index >= 15 is 0 Å². The van der Waals surface area contributed by atoms with Crippen molar-refractivity contribution in [3.63, 3.8) is 0 Å². The third kappa shape index (κ3) is 2.47. The number of hydrogen-bond donors (Lipinski definition) is 1. The highest BCUT2D eigenvalue weighted by Gasteiger charge is 2.57. The summed E-state index contributed by atoms with van der Waals surface area (Å²) in [7, 11) is -0.950. The van der Waals surface area contributed by atoms with Crippen molar-refractivity contribution in [2.45, 2.75) is 23.3 Å². The van der Waals surface area contributed by atoms with E-state index in [-0.39, 0.29) is 31.2 Å². The number of halogens is 1. The van der Waals surface area contributed by atoms with Crippen LogP contribution in [-0.4, -0.2) is 57.4 Å². The molecule has 0 amide bonds. The summed E-state index contributed by atoms with van der Waals surface area (Å²) in [4.78, 5) is 4.37. The van der Waals surface area contributed by atoms with Crippen molar-refractivity contribution in [2.75, 3.05) is 27.4 Å². The highest BCUT2D eigenvalue weighted by Crippen LogP contribution is 2.44. The van der Waals surface area contributed by atoms with E-state index < -0.39 is 32.7 Å². The van der Waals surface area contributed by atoms with E-state index in [1.165, 1.54) is 26.3 Å². The van der Waals surface area contributed by atoms with Gasteiger partial charge in [0.1, 0.15) is 16.6 Å². The second kappa shape index (κ2) is 5.98. The summed E-state index contributed by atoms with van der Waals surface area (Å²) in [5.41, 5.74) is 4.59. The molecule has 1 fully saturated rings. The molecule has 2 aliphatic heterocycles. The van der Waals surface area contributed by atoms with Crippen LogP contribution in [0.1, 0.15) is 12.0 Å². The minimum atomic E-state index is -3.81. The van der Waals surface area contributed by atoms with Crippen LogP contribution >= 0.6 is 0 Å². The van der Waals surface area contributed by atoms with E-state index in [2.05, 4.69) is 4.99 Å². The number of guanidine groups is 1. The molecule has 3 rings (SSSR count). The number of benzene rings is 1. The van der Waals surface area contributed by atoms with Crippen LogP contribution in [0, 0.1) is 5.82 Å². The summed E-state index contributed by atoms with van der Waals surface area (Å²) < 4.78 is 52.1. The molecule has 7 nitrogen and oxygen atoms in total. The maximum absolute atomic E-state index is 14.5. The van der Waals surface area contributed by atoms with Gasteiger partial charge in [0.05, 0.1) is 19.3 Å². The predicted molar refractivity (Wildman–Crippen MR) is 86.4 cm³/mol. The van der Waals surface area contributed by atoms with E-state index in [0.29, 0.717) is 0 Å². The maximum Gasteiger partial charge on any atom is 0.243 e. The third-order valence-corrected chi connectivity index (χ3v) is 6.87. The van der Waals surface area contributed by atoms with Crippen LogP contribution in [0.5, 0.6) is 0 Å². The zero-order chi connectivity index (χ0) is 17.5. The average Bonchev–Trinajstić information content (AvgIpc) is 2.55. The van der Waals surface area contributed by atoms with Crippen molar-refractivity contribution in [1.82, 2.24) is 4.31 Å². The molecule has 0 aromatic heterocycles. The van der Waals surface area contributed by atoms with Crippen molar-refractivity contribution in [2.24, 2.45) is 10.7 Å². The van der Waals surface area contributed by atoms with Crippen molar-refractivity contribution in [3.05, 3.63) is 35.6 Å². The molecule has 0 radical (unpaired) electrons. The SMILES string of the molecule is COC[C@H]1C[C@@H]2[C@](c3ccccc3F)(CO1)N=C(N)N(C)S2(=O)=O. The molecule has 2 aliphatic rings. The number of hydrogen-bond acceptors (Lipinski definition) is 6. The lowest BCUT2D eigenvalue weighted by Gasteiger charge is -2.47. The average molecular weight is 357 g/mol. The Hall–Kier alpha value is -1.71. The van der Waals surface area contributed by atoms with Gasteiger partial charge in [0.2, 0.25) is 16.0 Å². The topological polar surface area (TPSA) is 94.2 Å². The van der Waals surface area contributed by atoms with Crippen LogP contribution < -0.4 is 5.73 Å². The Balaban J connectivity index is 2.18. The highest BCUT2D eigenvalue weighted by molar-refractivity contribution is 7.90. The standard InChI is InChI=1S/C15H20FN3O4S/c1-19-14(17)18-15(11-5-3-4-6-12(11)16)9-23-10(8-22-2)7-13(15)24(19,20)21/h3-6,10,13H,7-9H2,1-2H3,(H2,17,18)/t10-,13-,15-/m1/s1. The van der Waals surface area contributed by atoms with Crippen LogP contribution in [0.2, 0.25) is 0 Å².